The van der Waals surface area contributed by atoms with Crippen molar-refractivity contribution in [2.45, 2.75) is 18.2 Å². The van der Waals surface area contributed by atoms with Crippen molar-refractivity contribution in [2.24, 2.45) is 0 Å². The molecule has 1 rings (SSSR count). The second-order valence-electron chi connectivity index (χ2n) is 3.69. The lowest BCUT2D eigenvalue weighted by molar-refractivity contribution is 0.0955. The highest BCUT2D eigenvalue weighted by Crippen LogP contribution is 2.10. The van der Waals surface area contributed by atoms with Crippen LogP contribution in [0, 0.1) is 11.3 Å². The molecule has 0 spiro atoms. The van der Waals surface area contributed by atoms with E-state index in [1.165, 1.54) is 24.3 Å². The van der Waals surface area contributed by atoms with Gasteiger partial charge >= 0.3 is 0 Å². The van der Waals surface area contributed by atoms with Crippen molar-refractivity contribution in [3.63, 3.8) is 0 Å². The van der Waals surface area contributed by atoms with Gasteiger partial charge in [0, 0.05) is 25.1 Å². The van der Waals surface area contributed by atoms with Crippen LogP contribution in [0.3, 0.4) is 0 Å². The van der Waals surface area contributed by atoms with Crippen LogP contribution in [0.15, 0.2) is 29.2 Å². The van der Waals surface area contributed by atoms with Crippen LogP contribution in [0.25, 0.3) is 0 Å². The fourth-order valence-corrected chi connectivity index (χ4v) is 2.40. The van der Waals surface area contributed by atoms with E-state index in [4.69, 9.17) is 5.26 Å². The zero-order valence-corrected chi connectivity index (χ0v) is 11.3. The molecule has 2 N–H and O–H groups in total. The number of carbonyl (C=O) groups is 1. The molecule has 102 valence electrons. The van der Waals surface area contributed by atoms with Gasteiger partial charge in [0.05, 0.1) is 11.0 Å². The molecule has 0 fully saturated rings. The molecule has 0 radical (unpaired) electrons. The SMILES string of the molecule is CCNC(=O)c1ccc(S(=O)(=O)NCCC#N)cc1. The molecule has 0 saturated carbocycles. The Hall–Kier alpha value is -1.91. The van der Waals surface area contributed by atoms with E-state index >= 15 is 0 Å². The summed E-state index contributed by atoms with van der Waals surface area (Å²) in [6, 6.07) is 7.47. The smallest absolute Gasteiger partial charge is 0.251 e. The minimum absolute atomic E-state index is 0.0664. The zero-order valence-electron chi connectivity index (χ0n) is 10.5. The highest BCUT2D eigenvalue weighted by molar-refractivity contribution is 7.89. The number of carbonyl (C=O) groups excluding carboxylic acids is 1. The van der Waals surface area contributed by atoms with Gasteiger partial charge < -0.3 is 5.32 Å². The van der Waals surface area contributed by atoms with Gasteiger partial charge in [-0.05, 0) is 31.2 Å². The van der Waals surface area contributed by atoms with Gasteiger partial charge in [-0.3, -0.25) is 4.79 Å². The summed E-state index contributed by atoms with van der Waals surface area (Å²) in [4.78, 5) is 11.6. The first-order valence-electron chi connectivity index (χ1n) is 5.76. The monoisotopic (exact) mass is 281 g/mol. The van der Waals surface area contributed by atoms with Crippen LogP contribution in [0.2, 0.25) is 0 Å². The van der Waals surface area contributed by atoms with E-state index < -0.39 is 10.0 Å². The first-order chi connectivity index (χ1) is 9.01. The summed E-state index contributed by atoms with van der Waals surface area (Å²) in [6.45, 7) is 2.38. The molecule has 0 aliphatic heterocycles. The van der Waals surface area contributed by atoms with E-state index in [9.17, 15) is 13.2 Å². The molecule has 1 aromatic rings. The normalized spacial score (nSPS) is 10.7. The summed E-state index contributed by atoms with van der Waals surface area (Å²) in [6.07, 6.45) is 0.107. The summed E-state index contributed by atoms with van der Waals surface area (Å²) in [5, 5.41) is 11.0. The van der Waals surface area contributed by atoms with Crippen molar-refractivity contribution < 1.29 is 13.2 Å². The van der Waals surface area contributed by atoms with E-state index in [2.05, 4.69) is 10.0 Å². The molecule has 0 aliphatic carbocycles. The van der Waals surface area contributed by atoms with Gasteiger partial charge in [-0.15, -0.1) is 0 Å². The molecule has 0 saturated heterocycles. The topological polar surface area (TPSA) is 99.1 Å². The van der Waals surface area contributed by atoms with Crippen molar-refractivity contribution in [1.29, 1.82) is 5.26 Å². The predicted octanol–water partition coefficient (Wildman–Crippen LogP) is 0.628. The molecule has 1 amide bonds. The van der Waals surface area contributed by atoms with Gasteiger partial charge in [-0.1, -0.05) is 0 Å². The average Bonchev–Trinajstić information content (AvgIpc) is 2.39. The van der Waals surface area contributed by atoms with E-state index in [1.54, 1.807) is 6.92 Å². The van der Waals surface area contributed by atoms with E-state index in [-0.39, 0.29) is 23.8 Å². The fraction of sp³-hybridized carbons (Fsp3) is 0.333. The van der Waals surface area contributed by atoms with Crippen molar-refractivity contribution in [3.8, 4) is 6.07 Å². The van der Waals surface area contributed by atoms with Crippen LogP contribution in [-0.4, -0.2) is 27.4 Å². The lowest BCUT2D eigenvalue weighted by Crippen LogP contribution is -2.25. The van der Waals surface area contributed by atoms with Crippen molar-refractivity contribution in [2.75, 3.05) is 13.1 Å². The van der Waals surface area contributed by atoms with Gasteiger partial charge in [0.2, 0.25) is 10.0 Å². The summed E-state index contributed by atoms with van der Waals surface area (Å²) in [5.41, 5.74) is 0.401. The van der Waals surface area contributed by atoms with Crippen LogP contribution in [0.4, 0.5) is 0 Å². The number of hydrogen-bond acceptors (Lipinski definition) is 4. The Kier molecular flexibility index (Phi) is 5.48. The first kappa shape index (κ1) is 15.1. The quantitative estimate of drug-likeness (QED) is 0.747. The number of nitrogens with zero attached hydrogens (tertiary/aromatic N) is 1. The molecule has 1 aromatic carbocycles. The Morgan fingerprint density at radius 1 is 1.32 bits per heavy atom. The molecule has 7 heteroatoms. The van der Waals surface area contributed by atoms with Crippen LogP contribution in [-0.2, 0) is 10.0 Å². The minimum Gasteiger partial charge on any atom is -0.352 e. The Bertz CT molecular complexity index is 573. The fourth-order valence-electron chi connectivity index (χ4n) is 1.37. The molecule has 0 heterocycles. The molecule has 19 heavy (non-hydrogen) atoms. The van der Waals surface area contributed by atoms with Gasteiger partial charge in [0.1, 0.15) is 0 Å². The Morgan fingerprint density at radius 3 is 2.47 bits per heavy atom. The van der Waals surface area contributed by atoms with Crippen LogP contribution >= 0.6 is 0 Å². The maximum absolute atomic E-state index is 11.8. The van der Waals surface area contributed by atoms with Crippen LogP contribution in [0.5, 0.6) is 0 Å². The van der Waals surface area contributed by atoms with Crippen molar-refractivity contribution >= 4 is 15.9 Å². The molecule has 0 unspecified atom stereocenters. The van der Waals surface area contributed by atoms with Crippen molar-refractivity contribution in [1.82, 2.24) is 10.0 Å². The summed E-state index contributed by atoms with van der Waals surface area (Å²) < 4.78 is 25.9. The standard InChI is InChI=1S/C12H15N3O3S/c1-2-14-12(16)10-4-6-11(7-5-10)19(17,18)15-9-3-8-13/h4-7,15H,2-3,9H2,1H3,(H,14,16). The maximum Gasteiger partial charge on any atom is 0.251 e. The predicted molar refractivity (Wildman–Crippen MR) is 69.9 cm³/mol. The van der Waals surface area contributed by atoms with Gasteiger partial charge in [0.15, 0.2) is 0 Å². The Labute approximate surface area is 112 Å². The van der Waals surface area contributed by atoms with Gasteiger partial charge in [0.25, 0.3) is 5.91 Å². The number of hydrogen-bond donors (Lipinski definition) is 2. The summed E-state index contributed by atoms with van der Waals surface area (Å²) in [7, 11) is -3.62. The van der Waals surface area contributed by atoms with E-state index in [0.717, 1.165) is 0 Å². The molecular weight excluding hydrogens is 266 g/mol. The average molecular weight is 281 g/mol. The first-order valence-corrected chi connectivity index (χ1v) is 7.24. The second kappa shape index (κ2) is 6.87. The number of nitriles is 1. The van der Waals surface area contributed by atoms with Gasteiger partial charge in [-0.25, -0.2) is 13.1 Å². The molecule has 0 atom stereocenters. The lowest BCUT2D eigenvalue weighted by Gasteiger charge is -2.06. The van der Waals surface area contributed by atoms with E-state index in [0.29, 0.717) is 12.1 Å². The van der Waals surface area contributed by atoms with Crippen LogP contribution < -0.4 is 10.0 Å². The lowest BCUT2D eigenvalue weighted by atomic mass is 10.2. The summed E-state index contributed by atoms with van der Waals surface area (Å²) in [5.74, 6) is -0.246. The largest absolute Gasteiger partial charge is 0.352 e. The number of sulfonamides is 1. The highest BCUT2D eigenvalue weighted by atomic mass is 32.2. The summed E-state index contributed by atoms with van der Waals surface area (Å²) >= 11 is 0. The number of nitrogens with one attached hydrogen (secondary N) is 2. The van der Waals surface area contributed by atoms with E-state index in [1.807, 2.05) is 6.07 Å². The third-order valence-corrected chi connectivity index (χ3v) is 3.77. The molecule has 0 aromatic heterocycles. The van der Waals surface area contributed by atoms with Gasteiger partial charge in [-0.2, -0.15) is 5.26 Å². The second-order valence-corrected chi connectivity index (χ2v) is 5.46. The third kappa shape index (κ3) is 4.35. The zero-order chi connectivity index (χ0) is 14.3. The maximum atomic E-state index is 11.8. The third-order valence-electron chi connectivity index (χ3n) is 2.29. The number of amides is 1. The molecular formula is C12H15N3O3S. The van der Waals surface area contributed by atoms with Crippen molar-refractivity contribution in [3.05, 3.63) is 29.8 Å². The number of benzene rings is 1. The molecule has 6 nitrogen and oxygen atoms in total. The molecule has 0 aliphatic rings. The van der Waals surface area contributed by atoms with Crippen LogP contribution in [0.1, 0.15) is 23.7 Å². The minimum atomic E-state index is -3.62. The highest BCUT2D eigenvalue weighted by Gasteiger charge is 2.13. The molecule has 0 bridgehead atoms. The Balaban J connectivity index is 2.81. The number of rotatable bonds is 6. The Morgan fingerprint density at radius 2 is 1.95 bits per heavy atom.